The summed E-state index contributed by atoms with van der Waals surface area (Å²) >= 11 is 0. The number of phosphoric ester groups is 1. The predicted molar refractivity (Wildman–Crippen MR) is 224 cm³/mol. The van der Waals surface area contributed by atoms with Gasteiger partial charge < -0.3 is 18.9 Å². The zero-order valence-corrected chi connectivity index (χ0v) is 36.1. The van der Waals surface area contributed by atoms with E-state index in [1.54, 1.807) is 0 Å². The Balaban J connectivity index is 4.41. The number of unbranched alkanes of at least 4 members (excludes halogenated alkanes) is 16. The lowest BCUT2D eigenvalue weighted by Gasteiger charge is -2.24. The lowest BCUT2D eigenvalue weighted by molar-refractivity contribution is -0.870. The summed E-state index contributed by atoms with van der Waals surface area (Å²) in [5.74, 6) is -0.836. The quantitative estimate of drug-likeness (QED) is 0.0217. The highest BCUT2D eigenvalue weighted by molar-refractivity contribution is 7.47. The molecule has 0 aliphatic heterocycles. The van der Waals surface area contributed by atoms with Gasteiger partial charge in [-0.1, -0.05) is 146 Å². The second-order valence-corrected chi connectivity index (χ2v) is 16.8. The molecule has 2 atom stereocenters. The summed E-state index contributed by atoms with van der Waals surface area (Å²) < 4.78 is 34.2. The first-order valence-electron chi connectivity index (χ1n) is 21.4. The van der Waals surface area contributed by atoms with Crippen LogP contribution in [0, 0.1) is 0 Å². The molecule has 0 bridgehead atoms. The molecule has 0 aromatic carbocycles. The maximum absolute atomic E-state index is 12.6. The third-order valence-corrected chi connectivity index (χ3v) is 9.85. The van der Waals surface area contributed by atoms with Crippen molar-refractivity contribution in [3.05, 3.63) is 48.6 Å². The summed E-state index contributed by atoms with van der Waals surface area (Å²) in [6, 6.07) is 0. The number of likely N-dealkylation sites (N-methyl/N-ethyl adjacent to an activating group) is 1. The average molecular weight is 783 g/mol. The second kappa shape index (κ2) is 36.6. The Morgan fingerprint density at radius 1 is 0.574 bits per heavy atom. The number of nitrogens with zero attached hydrogens (tertiary/aromatic N) is 1. The molecule has 0 fully saturated rings. The number of hydrogen-bond donors (Lipinski definition) is 1. The maximum Gasteiger partial charge on any atom is 0.472 e. The van der Waals surface area contributed by atoms with E-state index in [9.17, 15) is 19.0 Å². The molecule has 1 unspecified atom stereocenters. The SMILES string of the molecule is CCCCC/C=C\C/C=C\C/C=C\C/C=C\CCCCCC(=O)OC[C@H](COP(=O)(O)OCC[N+](C)(C)C)OC(=O)CCCCCCCCCCCCC. The van der Waals surface area contributed by atoms with Crippen LogP contribution in [0.2, 0.25) is 0 Å². The molecule has 9 nitrogen and oxygen atoms in total. The fraction of sp³-hybridized carbons (Fsp3) is 0.773. The first-order valence-corrected chi connectivity index (χ1v) is 22.9. The summed E-state index contributed by atoms with van der Waals surface area (Å²) in [6.07, 6.45) is 41.6. The zero-order chi connectivity index (χ0) is 40.0. The Bertz CT molecular complexity index is 1070. The molecule has 0 aromatic heterocycles. The minimum Gasteiger partial charge on any atom is -0.462 e. The van der Waals surface area contributed by atoms with Gasteiger partial charge in [0.15, 0.2) is 6.10 Å². The van der Waals surface area contributed by atoms with E-state index >= 15 is 0 Å². The van der Waals surface area contributed by atoms with E-state index in [1.165, 1.54) is 77.0 Å². The minimum absolute atomic E-state index is 0.0258. The van der Waals surface area contributed by atoms with E-state index in [0.717, 1.165) is 51.4 Å². The van der Waals surface area contributed by atoms with Crippen molar-refractivity contribution in [1.29, 1.82) is 0 Å². The lowest BCUT2D eigenvalue weighted by atomic mass is 10.1. The molecule has 0 heterocycles. The maximum atomic E-state index is 12.6. The van der Waals surface area contributed by atoms with Gasteiger partial charge in [-0.15, -0.1) is 0 Å². The third-order valence-electron chi connectivity index (χ3n) is 8.86. The number of rotatable bonds is 38. The van der Waals surface area contributed by atoms with Crippen molar-refractivity contribution >= 4 is 19.8 Å². The topological polar surface area (TPSA) is 108 Å². The molecule has 10 heteroatoms. The van der Waals surface area contributed by atoms with Crippen LogP contribution < -0.4 is 0 Å². The monoisotopic (exact) mass is 783 g/mol. The highest BCUT2D eigenvalue weighted by atomic mass is 31.2. The number of esters is 2. The molecule has 1 N–H and O–H groups in total. The van der Waals surface area contributed by atoms with Gasteiger partial charge >= 0.3 is 19.8 Å². The Hall–Kier alpha value is -2.03. The van der Waals surface area contributed by atoms with E-state index in [1.807, 2.05) is 21.1 Å². The van der Waals surface area contributed by atoms with Crippen LogP contribution in [0.5, 0.6) is 0 Å². The van der Waals surface area contributed by atoms with Crippen molar-refractivity contribution < 1.29 is 42.1 Å². The molecule has 54 heavy (non-hydrogen) atoms. The average Bonchev–Trinajstić information content (AvgIpc) is 3.12. The largest absolute Gasteiger partial charge is 0.472 e. The van der Waals surface area contributed by atoms with Crippen LogP contribution in [0.3, 0.4) is 0 Å². The molecule has 0 saturated carbocycles. The highest BCUT2D eigenvalue weighted by Gasteiger charge is 2.27. The number of allylic oxidation sites excluding steroid dienone is 8. The minimum atomic E-state index is -4.38. The van der Waals surface area contributed by atoms with Gasteiger partial charge in [0.2, 0.25) is 0 Å². The van der Waals surface area contributed by atoms with Crippen LogP contribution >= 0.6 is 7.82 Å². The molecular formula is C44H81NO8P+. The number of ether oxygens (including phenoxy) is 2. The normalized spacial score (nSPS) is 14.1. The van der Waals surface area contributed by atoms with Gasteiger partial charge in [0.1, 0.15) is 19.8 Å². The van der Waals surface area contributed by atoms with Crippen LogP contribution in [-0.4, -0.2) is 74.9 Å². The fourth-order valence-corrected chi connectivity index (χ4v) is 6.21. The van der Waals surface area contributed by atoms with Crippen LogP contribution in [0.4, 0.5) is 0 Å². The molecular weight excluding hydrogens is 701 g/mol. The molecule has 0 amide bonds. The molecule has 0 saturated heterocycles. The molecule has 0 rings (SSSR count). The van der Waals surface area contributed by atoms with Gasteiger partial charge in [-0.05, 0) is 57.8 Å². The Kier molecular flexibility index (Phi) is 35.2. The number of phosphoric acid groups is 1. The number of carbonyl (C=O) groups is 2. The van der Waals surface area contributed by atoms with Crippen molar-refractivity contribution in [2.24, 2.45) is 0 Å². The molecule has 314 valence electrons. The van der Waals surface area contributed by atoms with E-state index < -0.39 is 32.5 Å². The lowest BCUT2D eigenvalue weighted by Crippen LogP contribution is -2.37. The molecule has 0 aliphatic carbocycles. The van der Waals surface area contributed by atoms with Gasteiger partial charge in [-0.3, -0.25) is 18.6 Å². The molecule has 0 aromatic rings. The van der Waals surface area contributed by atoms with Crippen LogP contribution in [-0.2, 0) is 32.7 Å². The standard InChI is InChI=1S/C44H80NO8P/c1-6-8-10-12-14-16-18-19-20-21-22-23-24-25-27-28-30-32-34-36-43(46)50-40-42(41-52-54(48,49)51-39-38-45(3,4)5)53-44(47)37-35-33-31-29-26-17-15-13-11-9-7-2/h14,16,19-20,22-23,25,27,42H,6-13,15,17-18,21,24,26,28-41H2,1-5H3/p+1/b16-14-,20-19-,23-22-,27-25-/t42-/m1/s1. The summed E-state index contributed by atoms with van der Waals surface area (Å²) in [6.45, 7) is 4.34. The van der Waals surface area contributed by atoms with Crippen molar-refractivity contribution in [2.75, 3.05) is 47.5 Å². The fourth-order valence-electron chi connectivity index (χ4n) is 5.47. The Labute approximate surface area is 331 Å². The van der Waals surface area contributed by atoms with E-state index in [4.69, 9.17) is 18.5 Å². The Morgan fingerprint density at radius 3 is 1.52 bits per heavy atom. The molecule has 0 aliphatic rings. The summed E-state index contributed by atoms with van der Waals surface area (Å²) in [4.78, 5) is 35.3. The predicted octanol–water partition coefficient (Wildman–Crippen LogP) is 11.9. The van der Waals surface area contributed by atoms with Crippen LogP contribution in [0.25, 0.3) is 0 Å². The second-order valence-electron chi connectivity index (χ2n) is 15.4. The molecule has 0 radical (unpaired) electrons. The summed E-state index contributed by atoms with van der Waals surface area (Å²) in [5, 5.41) is 0. The number of carbonyl (C=O) groups excluding carboxylic acids is 2. The van der Waals surface area contributed by atoms with Crippen molar-refractivity contribution in [3.63, 3.8) is 0 Å². The number of hydrogen-bond acceptors (Lipinski definition) is 7. The molecule has 0 spiro atoms. The highest BCUT2D eigenvalue weighted by Crippen LogP contribution is 2.43. The zero-order valence-electron chi connectivity index (χ0n) is 35.2. The van der Waals surface area contributed by atoms with Crippen LogP contribution in [0.1, 0.15) is 168 Å². The van der Waals surface area contributed by atoms with Gasteiger partial charge in [-0.25, -0.2) is 4.57 Å². The first kappa shape index (κ1) is 52.0. The van der Waals surface area contributed by atoms with Gasteiger partial charge in [0.05, 0.1) is 27.7 Å². The third kappa shape index (κ3) is 39.7. The summed E-state index contributed by atoms with van der Waals surface area (Å²) in [5.41, 5.74) is 0. The summed E-state index contributed by atoms with van der Waals surface area (Å²) in [7, 11) is 1.45. The van der Waals surface area contributed by atoms with Gasteiger partial charge in [-0.2, -0.15) is 0 Å². The number of quaternary nitrogens is 1. The van der Waals surface area contributed by atoms with Gasteiger partial charge in [0.25, 0.3) is 0 Å². The van der Waals surface area contributed by atoms with Crippen LogP contribution in [0.15, 0.2) is 48.6 Å². The van der Waals surface area contributed by atoms with Crippen molar-refractivity contribution in [2.45, 2.75) is 174 Å². The van der Waals surface area contributed by atoms with Crippen molar-refractivity contribution in [1.82, 2.24) is 0 Å². The van der Waals surface area contributed by atoms with E-state index in [-0.39, 0.29) is 26.1 Å². The Morgan fingerprint density at radius 2 is 1.00 bits per heavy atom. The van der Waals surface area contributed by atoms with E-state index in [0.29, 0.717) is 23.9 Å². The first-order chi connectivity index (χ1) is 26.0. The van der Waals surface area contributed by atoms with Gasteiger partial charge in [0, 0.05) is 12.8 Å². The van der Waals surface area contributed by atoms with E-state index in [2.05, 4.69) is 62.5 Å². The smallest absolute Gasteiger partial charge is 0.462 e. The van der Waals surface area contributed by atoms with Crippen molar-refractivity contribution in [3.8, 4) is 0 Å².